The normalized spacial score (nSPS) is 12.7. The third-order valence-corrected chi connectivity index (χ3v) is 2.22. The smallest absolute Gasteiger partial charge is 0.0914 e. The van der Waals surface area contributed by atoms with Crippen molar-refractivity contribution in [3.63, 3.8) is 0 Å². The molecule has 0 spiro atoms. The summed E-state index contributed by atoms with van der Waals surface area (Å²) >= 11 is 0. The highest BCUT2D eigenvalue weighted by Crippen LogP contribution is 2.10. The van der Waals surface area contributed by atoms with E-state index in [0.717, 1.165) is 25.1 Å². The van der Waals surface area contributed by atoms with Gasteiger partial charge in [-0.2, -0.15) is 0 Å². The van der Waals surface area contributed by atoms with E-state index >= 15 is 0 Å². The van der Waals surface area contributed by atoms with Gasteiger partial charge in [0.25, 0.3) is 0 Å². The van der Waals surface area contributed by atoms with Gasteiger partial charge in [0.15, 0.2) is 0 Å². The Kier molecular flexibility index (Phi) is 6.00. The lowest BCUT2D eigenvalue weighted by atomic mass is 10.1. The van der Waals surface area contributed by atoms with Crippen LogP contribution in [0.4, 0.5) is 0 Å². The molecule has 1 aromatic carbocycles. The van der Waals surface area contributed by atoms with Crippen molar-refractivity contribution in [1.29, 1.82) is 0 Å². The number of benzene rings is 1. The highest BCUT2D eigenvalue weighted by Gasteiger charge is 2.04. The second kappa shape index (κ2) is 7.40. The van der Waals surface area contributed by atoms with E-state index < -0.39 is 6.10 Å². The average molecular weight is 209 g/mol. The summed E-state index contributed by atoms with van der Waals surface area (Å²) in [6, 6.07) is 9.68. The van der Waals surface area contributed by atoms with Gasteiger partial charge in [-0.05, 0) is 18.5 Å². The standard InChI is InChI=1S/C12H19NO2/c1-15-9-5-8-13-10-12(14)11-6-3-2-4-7-11/h2-4,6-7,12-14H,5,8-10H2,1H3/t12-/m1/s1. The molecule has 15 heavy (non-hydrogen) atoms. The van der Waals surface area contributed by atoms with Crippen molar-refractivity contribution in [2.45, 2.75) is 12.5 Å². The fraction of sp³-hybridized carbons (Fsp3) is 0.500. The lowest BCUT2D eigenvalue weighted by Gasteiger charge is -2.11. The monoisotopic (exact) mass is 209 g/mol. The highest BCUT2D eigenvalue weighted by molar-refractivity contribution is 5.17. The molecule has 1 aromatic rings. The maximum atomic E-state index is 9.78. The van der Waals surface area contributed by atoms with E-state index in [0.29, 0.717) is 6.54 Å². The van der Waals surface area contributed by atoms with Crippen LogP contribution >= 0.6 is 0 Å². The van der Waals surface area contributed by atoms with Crippen LogP contribution in [-0.2, 0) is 4.74 Å². The number of ether oxygens (including phenoxy) is 1. The molecule has 3 heteroatoms. The first-order valence-corrected chi connectivity index (χ1v) is 5.27. The van der Waals surface area contributed by atoms with Crippen LogP contribution < -0.4 is 5.32 Å². The molecule has 0 fully saturated rings. The molecule has 0 aliphatic carbocycles. The molecular formula is C12H19NO2. The predicted octanol–water partition coefficient (Wildman–Crippen LogP) is 1.35. The Balaban J connectivity index is 2.16. The number of aliphatic hydroxyl groups excluding tert-OH is 1. The van der Waals surface area contributed by atoms with E-state index in [2.05, 4.69) is 5.32 Å². The molecule has 0 aromatic heterocycles. The summed E-state index contributed by atoms with van der Waals surface area (Å²) in [6.07, 6.45) is 0.548. The zero-order valence-electron chi connectivity index (χ0n) is 9.15. The van der Waals surface area contributed by atoms with Gasteiger partial charge < -0.3 is 15.2 Å². The van der Waals surface area contributed by atoms with Gasteiger partial charge in [-0.1, -0.05) is 30.3 Å². The van der Waals surface area contributed by atoms with E-state index in [9.17, 15) is 5.11 Å². The van der Waals surface area contributed by atoms with Crippen LogP contribution in [0.2, 0.25) is 0 Å². The number of aliphatic hydroxyl groups is 1. The third-order valence-electron chi connectivity index (χ3n) is 2.22. The van der Waals surface area contributed by atoms with Gasteiger partial charge in [0.05, 0.1) is 6.10 Å². The average Bonchev–Trinajstić information content (AvgIpc) is 2.30. The molecule has 0 bridgehead atoms. The lowest BCUT2D eigenvalue weighted by molar-refractivity contribution is 0.168. The Morgan fingerprint density at radius 3 is 2.73 bits per heavy atom. The first-order chi connectivity index (χ1) is 7.34. The van der Waals surface area contributed by atoms with Gasteiger partial charge in [0.2, 0.25) is 0 Å². The van der Waals surface area contributed by atoms with Crippen molar-refractivity contribution in [1.82, 2.24) is 5.32 Å². The van der Waals surface area contributed by atoms with Gasteiger partial charge in [0, 0.05) is 20.3 Å². The van der Waals surface area contributed by atoms with Crippen LogP contribution in [0, 0.1) is 0 Å². The molecule has 0 saturated carbocycles. The summed E-state index contributed by atoms with van der Waals surface area (Å²) in [5.74, 6) is 0. The predicted molar refractivity (Wildman–Crippen MR) is 60.8 cm³/mol. The quantitative estimate of drug-likeness (QED) is 0.666. The van der Waals surface area contributed by atoms with Gasteiger partial charge in [0.1, 0.15) is 0 Å². The first kappa shape index (κ1) is 12.2. The van der Waals surface area contributed by atoms with Gasteiger partial charge in [-0.15, -0.1) is 0 Å². The molecule has 0 saturated heterocycles. The lowest BCUT2D eigenvalue weighted by Crippen LogP contribution is -2.23. The molecule has 0 aliphatic heterocycles. The van der Waals surface area contributed by atoms with Gasteiger partial charge in [-0.25, -0.2) is 0 Å². The van der Waals surface area contributed by atoms with Crippen molar-refractivity contribution in [2.24, 2.45) is 0 Å². The fourth-order valence-electron chi connectivity index (χ4n) is 1.37. The van der Waals surface area contributed by atoms with Crippen LogP contribution in [0.15, 0.2) is 30.3 Å². The molecule has 0 amide bonds. The number of hydrogen-bond acceptors (Lipinski definition) is 3. The van der Waals surface area contributed by atoms with E-state index in [-0.39, 0.29) is 0 Å². The molecule has 0 radical (unpaired) electrons. The van der Waals surface area contributed by atoms with Crippen molar-refractivity contribution < 1.29 is 9.84 Å². The summed E-state index contributed by atoms with van der Waals surface area (Å²) in [5.41, 5.74) is 0.955. The van der Waals surface area contributed by atoms with E-state index in [1.807, 2.05) is 30.3 Å². The number of rotatable bonds is 7. The van der Waals surface area contributed by atoms with Crippen LogP contribution in [0.5, 0.6) is 0 Å². The van der Waals surface area contributed by atoms with Crippen LogP contribution in [0.1, 0.15) is 18.1 Å². The Hall–Kier alpha value is -0.900. The first-order valence-electron chi connectivity index (χ1n) is 5.27. The molecule has 1 atom stereocenters. The molecule has 0 aliphatic rings. The second-order valence-corrected chi connectivity index (χ2v) is 3.48. The fourth-order valence-corrected chi connectivity index (χ4v) is 1.37. The maximum absolute atomic E-state index is 9.78. The largest absolute Gasteiger partial charge is 0.387 e. The Labute approximate surface area is 91.1 Å². The van der Waals surface area contributed by atoms with Crippen LogP contribution in [0.3, 0.4) is 0 Å². The number of hydrogen-bond donors (Lipinski definition) is 2. The summed E-state index contributed by atoms with van der Waals surface area (Å²) < 4.78 is 4.93. The summed E-state index contributed by atoms with van der Waals surface area (Å²) in [4.78, 5) is 0. The molecular weight excluding hydrogens is 190 g/mol. The minimum absolute atomic E-state index is 0.422. The van der Waals surface area contributed by atoms with E-state index in [4.69, 9.17) is 4.74 Å². The van der Waals surface area contributed by atoms with Crippen molar-refractivity contribution in [3.8, 4) is 0 Å². The van der Waals surface area contributed by atoms with E-state index in [1.54, 1.807) is 7.11 Å². The molecule has 3 nitrogen and oxygen atoms in total. The zero-order valence-corrected chi connectivity index (χ0v) is 9.15. The minimum Gasteiger partial charge on any atom is -0.387 e. The molecule has 0 unspecified atom stereocenters. The number of methoxy groups -OCH3 is 1. The Morgan fingerprint density at radius 2 is 2.07 bits per heavy atom. The third kappa shape index (κ3) is 4.93. The molecule has 2 N–H and O–H groups in total. The maximum Gasteiger partial charge on any atom is 0.0914 e. The highest BCUT2D eigenvalue weighted by atomic mass is 16.5. The Bertz CT molecular complexity index is 251. The van der Waals surface area contributed by atoms with E-state index in [1.165, 1.54) is 0 Å². The van der Waals surface area contributed by atoms with Crippen LogP contribution in [0.25, 0.3) is 0 Å². The van der Waals surface area contributed by atoms with Crippen LogP contribution in [-0.4, -0.2) is 31.9 Å². The SMILES string of the molecule is COCCCNC[C@@H](O)c1ccccc1. The summed E-state index contributed by atoms with van der Waals surface area (Å²) in [5, 5.41) is 13.0. The number of nitrogens with one attached hydrogen (secondary N) is 1. The molecule has 84 valence electrons. The topological polar surface area (TPSA) is 41.5 Å². The van der Waals surface area contributed by atoms with Crippen molar-refractivity contribution >= 4 is 0 Å². The second-order valence-electron chi connectivity index (χ2n) is 3.48. The zero-order chi connectivity index (χ0) is 10.9. The molecule has 0 heterocycles. The van der Waals surface area contributed by atoms with Crippen molar-refractivity contribution in [3.05, 3.63) is 35.9 Å². The summed E-state index contributed by atoms with van der Waals surface area (Å²) in [6.45, 7) is 2.22. The van der Waals surface area contributed by atoms with Gasteiger partial charge in [-0.3, -0.25) is 0 Å². The summed E-state index contributed by atoms with van der Waals surface area (Å²) in [7, 11) is 1.69. The minimum atomic E-state index is -0.422. The van der Waals surface area contributed by atoms with Gasteiger partial charge >= 0.3 is 0 Å². The molecule has 1 rings (SSSR count). The Morgan fingerprint density at radius 1 is 1.33 bits per heavy atom. The van der Waals surface area contributed by atoms with Crippen molar-refractivity contribution in [2.75, 3.05) is 26.8 Å².